The molecule has 1 aromatic heterocycles. The van der Waals surface area contributed by atoms with Crippen molar-refractivity contribution in [1.29, 1.82) is 0 Å². The first kappa shape index (κ1) is 19.4. The number of aromatic nitrogens is 2. The first-order valence-corrected chi connectivity index (χ1v) is 10.6. The zero-order valence-corrected chi connectivity index (χ0v) is 16.3. The molecule has 0 aliphatic carbocycles. The molecule has 3 rings (SSSR count). The van der Waals surface area contributed by atoms with Gasteiger partial charge in [0.25, 0.3) is 0 Å². The van der Waals surface area contributed by atoms with Gasteiger partial charge < -0.3 is 5.32 Å². The number of halogens is 1. The number of rotatable bonds is 6. The van der Waals surface area contributed by atoms with Crippen molar-refractivity contribution < 1.29 is 13.2 Å². The molecule has 0 spiro atoms. The minimum absolute atomic E-state index is 0.0153. The van der Waals surface area contributed by atoms with E-state index >= 15 is 0 Å². The first-order valence-electron chi connectivity index (χ1n) is 7.68. The molecule has 27 heavy (non-hydrogen) atoms. The van der Waals surface area contributed by atoms with E-state index in [2.05, 4.69) is 10.3 Å². The second kappa shape index (κ2) is 8.13. The number of hydrogen-bond donors (Lipinski definition) is 2. The highest BCUT2D eigenvalue weighted by molar-refractivity contribution is 7.99. The van der Waals surface area contributed by atoms with Crippen LogP contribution in [0.1, 0.15) is 0 Å². The third-order valence-electron chi connectivity index (χ3n) is 3.49. The average molecular weight is 423 g/mol. The minimum atomic E-state index is -3.76. The maximum absolute atomic E-state index is 12.2. The number of amides is 1. The predicted molar refractivity (Wildman–Crippen MR) is 106 cm³/mol. The van der Waals surface area contributed by atoms with Gasteiger partial charge in [-0.2, -0.15) is 0 Å². The van der Waals surface area contributed by atoms with E-state index in [1.165, 1.54) is 36.0 Å². The van der Waals surface area contributed by atoms with Crippen LogP contribution >= 0.6 is 23.4 Å². The zero-order valence-electron chi connectivity index (χ0n) is 13.9. The number of nitrogens with two attached hydrogens (primary N) is 1. The van der Waals surface area contributed by atoms with E-state index in [1.54, 1.807) is 24.5 Å². The summed E-state index contributed by atoms with van der Waals surface area (Å²) in [5.41, 5.74) is 1.33. The molecular weight excluding hydrogens is 408 g/mol. The van der Waals surface area contributed by atoms with Gasteiger partial charge in [0.2, 0.25) is 15.9 Å². The molecule has 140 valence electrons. The molecule has 0 aliphatic rings. The summed E-state index contributed by atoms with van der Waals surface area (Å²) in [5, 5.41) is 9.00. The van der Waals surface area contributed by atoms with Gasteiger partial charge in [-0.25, -0.2) is 18.5 Å². The second-order valence-corrected chi connectivity index (χ2v) is 8.41. The summed E-state index contributed by atoms with van der Waals surface area (Å²) in [5.74, 6) is -0.113. The largest absolute Gasteiger partial charge is 0.325 e. The quantitative estimate of drug-likeness (QED) is 0.594. The van der Waals surface area contributed by atoms with Crippen molar-refractivity contribution in [2.24, 2.45) is 5.14 Å². The summed E-state index contributed by atoms with van der Waals surface area (Å²) in [6.45, 7) is 0. The van der Waals surface area contributed by atoms with Crippen LogP contribution in [0, 0.1) is 0 Å². The molecule has 0 saturated heterocycles. The summed E-state index contributed by atoms with van der Waals surface area (Å²) in [4.78, 5) is 16.4. The number of benzene rings is 2. The number of imidazole rings is 1. The Balaban J connectivity index is 1.63. The van der Waals surface area contributed by atoms with Crippen LogP contribution in [0.3, 0.4) is 0 Å². The number of anilines is 1. The Morgan fingerprint density at radius 2 is 1.96 bits per heavy atom. The van der Waals surface area contributed by atoms with Crippen molar-refractivity contribution in [1.82, 2.24) is 9.55 Å². The predicted octanol–water partition coefficient (Wildman–Crippen LogP) is 2.90. The van der Waals surface area contributed by atoms with Crippen LogP contribution < -0.4 is 10.5 Å². The minimum Gasteiger partial charge on any atom is -0.325 e. The molecule has 3 aromatic rings. The van der Waals surface area contributed by atoms with Crippen molar-refractivity contribution in [3.8, 4) is 5.69 Å². The smallest absolute Gasteiger partial charge is 0.238 e. The van der Waals surface area contributed by atoms with Gasteiger partial charge in [0.05, 0.1) is 10.6 Å². The van der Waals surface area contributed by atoms with Gasteiger partial charge in [-0.1, -0.05) is 29.4 Å². The average Bonchev–Trinajstić information content (AvgIpc) is 3.08. The number of nitrogens with one attached hydrogen (secondary N) is 1. The van der Waals surface area contributed by atoms with Gasteiger partial charge in [0, 0.05) is 28.8 Å². The van der Waals surface area contributed by atoms with Gasteiger partial charge in [-0.05, 0) is 42.5 Å². The number of hydrogen-bond acceptors (Lipinski definition) is 5. The van der Waals surface area contributed by atoms with E-state index in [4.69, 9.17) is 16.7 Å². The highest BCUT2D eigenvalue weighted by atomic mass is 35.5. The molecule has 1 heterocycles. The Hall–Kier alpha value is -2.33. The number of carbonyl (C=O) groups is 1. The van der Waals surface area contributed by atoms with Crippen molar-refractivity contribution in [2.45, 2.75) is 10.1 Å². The van der Waals surface area contributed by atoms with E-state index in [0.29, 0.717) is 15.9 Å². The van der Waals surface area contributed by atoms with Crippen molar-refractivity contribution in [2.75, 3.05) is 11.1 Å². The molecule has 0 radical (unpaired) electrons. The van der Waals surface area contributed by atoms with Crippen LogP contribution in [0.25, 0.3) is 5.69 Å². The number of carbonyl (C=O) groups excluding carboxylic acids is 1. The summed E-state index contributed by atoms with van der Waals surface area (Å²) >= 11 is 7.29. The second-order valence-electron chi connectivity index (χ2n) is 5.47. The van der Waals surface area contributed by atoms with Gasteiger partial charge >= 0.3 is 0 Å². The van der Waals surface area contributed by atoms with Gasteiger partial charge in [0.15, 0.2) is 5.16 Å². The molecule has 0 fully saturated rings. The molecule has 1 amide bonds. The maximum Gasteiger partial charge on any atom is 0.238 e. The molecule has 0 unspecified atom stereocenters. The third kappa shape index (κ3) is 5.10. The Kier molecular flexibility index (Phi) is 5.85. The highest BCUT2D eigenvalue weighted by Gasteiger charge is 2.11. The standard InChI is InChI=1S/C17H15ClN4O3S2/c18-12-2-1-3-14(10-12)22-9-8-20-17(22)26-11-16(23)21-13-4-6-15(7-5-13)27(19,24)25/h1-10H,11H2,(H,21,23)(H2,19,24,25). The molecule has 7 nitrogen and oxygen atoms in total. The monoisotopic (exact) mass is 422 g/mol. The fourth-order valence-corrected chi connectivity index (χ4v) is 3.75. The lowest BCUT2D eigenvalue weighted by molar-refractivity contribution is -0.113. The Labute approximate surface area is 165 Å². The molecule has 0 bridgehead atoms. The number of sulfonamides is 1. The Morgan fingerprint density at radius 1 is 1.22 bits per heavy atom. The normalized spacial score (nSPS) is 11.3. The lowest BCUT2D eigenvalue weighted by atomic mass is 10.3. The zero-order chi connectivity index (χ0) is 19.4. The van der Waals surface area contributed by atoms with E-state index in [-0.39, 0.29) is 16.6 Å². The van der Waals surface area contributed by atoms with E-state index in [9.17, 15) is 13.2 Å². The summed E-state index contributed by atoms with van der Waals surface area (Å²) in [6, 6.07) is 13.0. The van der Waals surface area contributed by atoms with Crippen LogP contribution in [-0.4, -0.2) is 29.6 Å². The number of thioether (sulfide) groups is 1. The van der Waals surface area contributed by atoms with Gasteiger partial charge in [-0.15, -0.1) is 0 Å². The summed E-state index contributed by atoms with van der Waals surface area (Å²) in [7, 11) is -3.76. The molecule has 0 atom stereocenters. The van der Waals surface area contributed by atoms with Gasteiger partial charge in [0.1, 0.15) is 0 Å². The van der Waals surface area contributed by atoms with E-state index < -0.39 is 10.0 Å². The summed E-state index contributed by atoms with van der Waals surface area (Å²) in [6.07, 6.45) is 3.44. The lowest BCUT2D eigenvalue weighted by Crippen LogP contribution is -2.15. The molecule has 10 heteroatoms. The molecule has 0 saturated carbocycles. The lowest BCUT2D eigenvalue weighted by Gasteiger charge is -2.08. The van der Waals surface area contributed by atoms with Gasteiger partial charge in [-0.3, -0.25) is 9.36 Å². The van der Waals surface area contributed by atoms with Crippen molar-refractivity contribution in [3.05, 3.63) is 65.9 Å². The molecule has 2 aromatic carbocycles. The molecule has 3 N–H and O–H groups in total. The highest BCUT2D eigenvalue weighted by Crippen LogP contribution is 2.22. The van der Waals surface area contributed by atoms with E-state index in [0.717, 1.165) is 5.69 Å². The molecule has 0 aliphatic heterocycles. The Bertz CT molecular complexity index is 1070. The SMILES string of the molecule is NS(=O)(=O)c1ccc(NC(=O)CSc2nccn2-c2cccc(Cl)c2)cc1. The topological polar surface area (TPSA) is 107 Å². The molecular formula is C17H15ClN4O3S2. The third-order valence-corrected chi connectivity index (χ3v) is 5.62. The fraction of sp³-hybridized carbons (Fsp3) is 0.0588. The number of nitrogens with zero attached hydrogens (tertiary/aromatic N) is 2. The fourth-order valence-electron chi connectivity index (χ4n) is 2.27. The Morgan fingerprint density at radius 3 is 2.63 bits per heavy atom. The number of primary sulfonamides is 1. The van der Waals surface area contributed by atoms with Crippen molar-refractivity contribution >= 4 is 45.0 Å². The van der Waals surface area contributed by atoms with Crippen LogP contribution in [-0.2, 0) is 14.8 Å². The summed E-state index contributed by atoms with van der Waals surface area (Å²) < 4.78 is 24.3. The van der Waals surface area contributed by atoms with Crippen molar-refractivity contribution in [3.63, 3.8) is 0 Å². The van der Waals surface area contributed by atoms with E-state index in [1.807, 2.05) is 16.7 Å². The van der Waals surface area contributed by atoms with Crippen LogP contribution in [0.4, 0.5) is 5.69 Å². The van der Waals surface area contributed by atoms with Crippen LogP contribution in [0.5, 0.6) is 0 Å². The maximum atomic E-state index is 12.2. The van der Waals surface area contributed by atoms with Crippen LogP contribution in [0.15, 0.2) is 71.0 Å². The first-order chi connectivity index (χ1) is 12.8. The van der Waals surface area contributed by atoms with Crippen LogP contribution in [0.2, 0.25) is 5.02 Å².